The minimum absolute atomic E-state index is 0.0121. The monoisotopic (exact) mass is 374 g/mol. The van der Waals surface area contributed by atoms with Crippen LogP contribution in [0.4, 0.5) is 4.79 Å². The molecule has 0 radical (unpaired) electrons. The summed E-state index contributed by atoms with van der Waals surface area (Å²) in [5.41, 5.74) is -0.0196. The first-order valence-electron chi connectivity index (χ1n) is 9.15. The average Bonchev–Trinajstić information content (AvgIpc) is 2.62. The molecule has 146 valence electrons. The summed E-state index contributed by atoms with van der Waals surface area (Å²) in [7, 11) is 0. The molecule has 2 rings (SSSR count). The maximum absolute atomic E-state index is 12.5. The van der Waals surface area contributed by atoms with Gasteiger partial charge in [-0.15, -0.1) is 0 Å². The Morgan fingerprint density at radius 3 is 2.52 bits per heavy atom. The Hall–Kier alpha value is -2.75. The van der Waals surface area contributed by atoms with E-state index in [0.717, 1.165) is 5.56 Å². The van der Waals surface area contributed by atoms with Gasteiger partial charge >= 0.3 is 12.1 Å². The van der Waals surface area contributed by atoms with Crippen LogP contribution in [0.15, 0.2) is 24.3 Å². The summed E-state index contributed by atoms with van der Waals surface area (Å²) in [6, 6.07) is 9.49. The molecule has 0 spiro atoms. The van der Waals surface area contributed by atoms with E-state index >= 15 is 0 Å². The lowest BCUT2D eigenvalue weighted by Gasteiger charge is -2.43. The molecule has 0 saturated carbocycles. The van der Waals surface area contributed by atoms with Crippen molar-refractivity contribution in [3.8, 4) is 11.8 Å². The number of esters is 1. The van der Waals surface area contributed by atoms with Crippen molar-refractivity contribution in [3.05, 3.63) is 29.8 Å². The second-order valence-electron chi connectivity index (χ2n) is 6.93. The van der Waals surface area contributed by atoms with E-state index in [-0.39, 0.29) is 25.8 Å². The Labute approximate surface area is 159 Å². The van der Waals surface area contributed by atoms with Gasteiger partial charge in [0, 0.05) is 18.5 Å². The molecule has 1 aliphatic rings. The Morgan fingerprint density at radius 2 is 2.00 bits per heavy atom. The molecule has 1 fully saturated rings. The van der Waals surface area contributed by atoms with E-state index in [1.54, 1.807) is 6.92 Å². The SMILES string of the molecule is CCOC(=O)C(C#N)C1(c2cccc(OC(C)C)c2)CCN(C(=O)O)CC1. The van der Waals surface area contributed by atoms with E-state index in [9.17, 15) is 20.0 Å². The molecular formula is C20H26N2O5. The second kappa shape index (κ2) is 8.76. The van der Waals surface area contributed by atoms with Crippen LogP contribution in [-0.4, -0.2) is 47.9 Å². The van der Waals surface area contributed by atoms with Crippen molar-refractivity contribution in [2.24, 2.45) is 5.92 Å². The normalized spacial score (nSPS) is 17.1. The van der Waals surface area contributed by atoms with E-state index < -0.39 is 23.4 Å². The maximum Gasteiger partial charge on any atom is 0.407 e. The molecule has 1 unspecified atom stereocenters. The summed E-state index contributed by atoms with van der Waals surface area (Å²) in [6.45, 7) is 6.23. The van der Waals surface area contributed by atoms with Gasteiger partial charge < -0.3 is 19.5 Å². The van der Waals surface area contributed by atoms with E-state index in [1.807, 2.05) is 38.1 Å². The second-order valence-corrected chi connectivity index (χ2v) is 6.93. The number of ether oxygens (including phenoxy) is 2. The molecule has 1 amide bonds. The Bertz CT molecular complexity index is 717. The van der Waals surface area contributed by atoms with Crippen molar-refractivity contribution in [2.45, 2.75) is 45.1 Å². The Morgan fingerprint density at radius 1 is 1.33 bits per heavy atom. The maximum atomic E-state index is 12.5. The van der Waals surface area contributed by atoms with Gasteiger partial charge in [-0.3, -0.25) is 4.79 Å². The number of nitrogens with zero attached hydrogens (tertiary/aromatic N) is 2. The van der Waals surface area contributed by atoms with Gasteiger partial charge in [0.25, 0.3) is 0 Å². The number of piperidine rings is 1. The van der Waals surface area contributed by atoms with Crippen molar-refractivity contribution in [1.82, 2.24) is 4.90 Å². The molecule has 0 aromatic heterocycles. The number of carboxylic acid groups (broad SMARTS) is 1. The quantitative estimate of drug-likeness (QED) is 0.768. The highest BCUT2D eigenvalue weighted by Crippen LogP contribution is 2.43. The Balaban J connectivity index is 2.46. The molecule has 1 aromatic rings. The zero-order valence-electron chi connectivity index (χ0n) is 16.0. The van der Waals surface area contributed by atoms with Gasteiger partial charge in [-0.05, 0) is 51.3 Å². The number of benzene rings is 1. The van der Waals surface area contributed by atoms with Crippen molar-refractivity contribution < 1.29 is 24.2 Å². The number of carbonyl (C=O) groups excluding carboxylic acids is 1. The van der Waals surface area contributed by atoms with Crippen molar-refractivity contribution in [2.75, 3.05) is 19.7 Å². The predicted octanol–water partition coefficient (Wildman–Crippen LogP) is 3.19. The van der Waals surface area contributed by atoms with Gasteiger partial charge in [0.1, 0.15) is 5.75 Å². The summed E-state index contributed by atoms with van der Waals surface area (Å²) in [6.07, 6.45) is -0.282. The van der Waals surface area contributed by atoms with Crippen molar-refractivity contribution >= 4 is 12.1 Å². The van der Waals surface area contributed by atoms with Crippen LogP contribution in [0.3, 0.4) is 0 Å². The molecule has 1 heterocycles. The van der Waals surface area contributed by atoms with Crippen LogP contribution in [-0.2, 0) is 14.9 Å². The van der Waals surface area contributed by atoms with Crippen molar-refractivity contribution in [1.29, 1.82) is 5.26 Å². The van der Waals surface area contributed by atoms with Gasteiger partial charge in [0.15, 0.2) is 5.92 Å². The molecule has 0 aliphatic carbocycles. The van der Waals surface area contributed by atoms with E-state index in [4.69, 9.17) is 9.47 Å². The zero-order chi connectivity index (χ0) is 20.0. The van der Waals surface area contributed by atoms with Crippen LogP contribution in [0, 0.1) is 17.2 Å². The first kappa shape index (κ1) is 20.6. The lowest BCUT2D eigenvalue weighted by Crippen LogP contribution is -2.50. The number of nitriles is 1. The van der Waals surface area contributed by atoms with Gasteiger partial charge in [-0.25, -0.2) is 4.79 Å². The van der Waals surface area contributed by atoms with E-state index in [2.05, 4.69) is 6.07 Å². The fourth-order valence-corrected chi connectivity index (χ4v) is 3.62. The molecule has 7 heteroatoms. The highest BCUT2D eigenvalue weighted by atomic mass is 16.5. The smallest absolute Gasteiger partial charge is 0.407 e. The highest BCUT2D eigenvalue weighted by molar-refractivity contribution is 5.78. The third-order valence-corrected chi connectivity index (χ3v) is 4.91. The van der Waals surface area contributed by atoms with Gasteiger partial charge in [0.05, 0.1) is 18.8 Å². The van der Waals surface area contributed by atoms with Crippen LogP contribution < -0.4 is 4.74 Å². The van der Waals surface area contributed by atoms with Gasteiger partial charge in [0.2, 0.25) is 0 Å². The fraction of sp³-hybridized carbons (Fsp3) is 0.550. The largest absolute Gasteiger partial charge is 0.491 e. The third kappa shape index (κ3) is 4.51. The summed E-state index contributed by atoms with van der Waals surface area (Å²) < 4.78 is 10.9. The first-order valence-corrected chi connectivity index (χ1v) is 9.15. The summed E-state index contributed by atoms with van der Waals surface area (Å²) in [5.74, 6) is -0.926. The molecule has 1 aliphatic heterocycles. The van der Waals surface area contributed by atoms with Crippen LogP contribution in [0.2, 0.25) is 0 Å². The average molecular weight is 374 g/mol. The standard InChI is InChI=1S/C20H26N2O5/c1-4-26-18(23)17(13-21)20(8-10-22(11-9-20)19(24)25)15-6-5-7-16(12-15)27-14(2)3/h5-7,12,14,17H,4,8-11H2,1-3H3,(H,24,25). The lowest BCUT2D eigenvalue weighted by molar-refractivity contribution is -0.149. The predicted molar refractivity (Wildman–Crippen MR) is 98.5 cm³/mol. The number of hydrogen-bond acceptors (Lipinski definition) is 5. The highest BCUT2D eigenvalue weighted by Gasteiger charge is 2.48. The minimum atomic E-state index is -1.01. The first-order chi connectivity index (χ1) is 12.8. The van der Waals surface area contributed by atoms with E-state index in [0.29, 0.717) is 18.6 Å². The molecule has 7 nitrogen and oxygen atoms in total. The summed E-state index contributed by atoms with van der Waals surface area (Å²) in [5, 5.41) is 19.0. The summed E-state index contributed by atoms with van der Waals surface area (Å²) >= 11 is 0. The molecular weight excluding hydrogens is 348 g/mol. The molecule has 1 N–H and O–H groups in total. The topological polar surface area (TPSA) is 99.9 Å². The third-order valence-electron chi connectivity index (χ3n) is 4.91. The molecule has 1 aromatic carbocycles. The number of rotatable bonds is 6. The number of hydrogen-bond donors (Lipinski definition) is 1. The van der Waals surface area contributed by atoms with E-state index in [1.165, 1.54) is 4.90 Å². The number of likely N-dealkylation sites (tertiary alicyclic amines) is 1. The van der Waals surface area contributed by atoms with Crippen LogP contribution >= 0.6 is 0 Å². The van der Waals surface area contributed by atoms with Crippen molar-refractivity contribution in [3.63, 3.8) is 0 Å². The van der Waals surface area contributed by atoms with Gasteiger partial charge in [-0.2, -0.15) is 5.26 Å². The fourth-order valence-electron chi connectivity index (χ4n) is 3.62. The molecule has 27 heavy (non-hydrogen) atoms. The van der Waals surface area contributed by atoms with Crippen LogP contribution in [0.25, 0.3) is 0 Å². The Kier molecular flexibility index (Phi) is 6.67. The van der Waals surface area contributed by atoms with Crippen LogP contribution in [0.1, 0.15) is 39.2 Å². The zero-order valence-corrected chi connectivity index (χ0v) is 16.0. The molecule has 1 saturated heterocycles. The van der Waals surface area contributed by atoms with Gasteiger partial charge in [-0.1, -0.05) is 12.1 Å². The summed E-state index contributed by atoms with van der Waals surface area (Å²) in [4.78, 5) is 25.1. The number of amides is 1. The molecule has 1 atom stereocenters. The van der Waals surface area contributed by atoms with Crippen LogP contribution in [0.5, 0.6) is 5.75 Å². The lowest BCUT2D eigenvalue weighted by atomic mass is 9.64. The number of carbonyl (C=O) groups is 2. The minimum Gasteiger partial charge on any atom is -0.491 e. The molecule has 0 bridgehead atoms.